The van der Waals surface area contributed by atoms with Crippen molar-refractivity contribution in [1.29, 1.82) is 0 Å². The van der Waals surface area contributed by atoms with Crippen molar-refractivity contribution in [3.05, 3.63) is 0 Å². The molecule has 2 N–H and O–H groups in total. The fourth-order valence-electron chi connectivity index (χ4n) is 1.85. The molecule has 0 spiro atoms. The lowest BCUT2D eigenvalue weighted by Crippen LogP contribution is -2.43. The van der Waals surface area contributed by atoms with E-state index in [0.29, 0.717) is 0 Å². The Labute approximate surface area is 161 Å². The van der Waals surface area contributed by atoms with Crippen molar-refractivity contribution < 1.29 is 57.8 Å². The van der Waals surface area contributed by atoms with E-state index < -0.39 is 62.1 Å². The smallest absolute Gasteiger partial charge is 0.331 e. The van der Waals surface area contributed by atoms with Crippen LogP contribution in [-0.4, -0.2) is 108 Å². The molecule has 0 aromatic rings. The van der Waals surface area contributed by atoms with Gasteiger partial charge in [0.15, 0.2) is 5.78 Å². The van der Waals surface area contributed by atoms with Crippen LogP contribution in [0.15, 0.2) is 0 Å². The Morgan fingerprint density at radius 3 is 1.46 bits per heavy atom. The monoisotopic (exact) mass is 410 g/mol. The summed E-state index contributed by atoms with van der Waals surface area (Å²) in [5.74, 6) is -3.08. The molecule has 162 valence electrons. The summed E-state index contributed by atoms with van der Waals surface area (Å²) in [6.45, 7) is -3.38. The molecule has 0 aromatic heterocycles. The first-order valence-electron chi connectivity index (χ1n) is 8.07. The van der Waals surface area contributed by atoms with Crippen LogP contribution in [0, 0.1) is 5.41 Å². The number of rotatable bonds is 17. The molecule has 0 unspecified atom stereocenters. The van der Waals surface area contributed by atoms with Crippen molar-refractivity contribution in [1.82, 2.24) is 0 Å². The molecule has 12 nitrogen and oxygen atoms in total. The highest BCUT2D eigenvalue weighted by Crippen LogP contribution is 2.21. The third-order valence-electron chi connectivity index (χ3n) is 3.19. The Bertz CT molecular complexity index is 449. The van der Waals surface area contributed by atoms with Gasteiger partial charge in [-0.1, -0.05) is 0 Å². The fourth-order valence-corrected chi connectivity index (χ4v) is 1.85. The van der Waals surface area contributed by atoms with Crippen molar-refractivity contribution in [3.8, 4) is 0 Å². The van der Waals surface area contributed by atoms with Gasteiger partial charge in [-0.2, -0.15) is 0 Å². The number of carbonyl (C=O) groups is 4. The van der Waals surface area contributed by atoms with E-state index in [2.05, 4.69) is 9.47 Å². The lowest BCUT2D eigenvalue weighted by molar-refractivity contribution is -0.158. The minimum atomic E-state index is -1.21. The number of carboxylic acid groups (broad SMARTS) is 1. The van der Waals surface area contributed by atoms with Crippen LogP contribution in [-0.2, 0) is 47.6 Å². The number of methoxy groups -OCH3 is 2. The maximum atomic E-state index is 11.2. The van der Waals surface area contributed by atoms with E-state index in [4.69, 9.17) is 29.2 Å². The average molecular weight is 410 g/mol. The molecule has 0 aliphatic rings. The van der Waals surface area contributed by atoms with Crippen LogP contribution in [0.3, 0.4) is 0 Å². The maximum absolute atomic E-state index is 11.2. The molecule has 0 saturated heterocycles. The van der Waals surface area contributed by atoms with Crippen LogP contribution in [0.1, 0.15) is 0 Å². The Kier molecular flexibility index (Phi) is 13.8. The number of carboxylic acids is 1. The van der Waals surface area contributed by atoms with E-state index in [1.807, 2.05) is 0 Å². The Morgan fingerprint density at radius 1 is 0.714 bits per heavy atom. The third-order valence-corrected chi connectivity index (χ3v) is 3.19. The van der Waals surface area contributed by atoms with Crippen LogP contribution in [0.2, 0.25) is 0 Å². The van der Waals surface area contributed by atoms with Crippen LogP contribution < -0.4 is 0 Å². The summed E-state index contributed by atoms with van der Waals surface area (Å²) >= 11 is 0. The van der Waals surface area contributed by atoms with E-state index in [1.54, 1.807) is 0 Å². The van der Waals surface area contributed by atoms with Gasteiger partial charge in [0.05, 0.1) is 46.1 Å². The van der Waals surface area contributed by atoms with E-state index >= 15 is 0 Å². The average Bonchev–Trinajstić information content (AvgIpc) is 2.66. The molecule has 0 amide bonds. The van der Waals surface area contributed by atoms with Crippen molar-refractivity contribution in [2.24, 2.45) is 5.41 Å². The summed E-state index contributed by atoms with van der Waals surface area (Å²) in [6, 6.07) is 0. The highest BCUT2D eigenvalue weighted by Gasteiger charge is 2.34. The minimum Gasteiger partial charge on any atom is -0.480 e. The van der Waals surface area contributed by atoms with E-state index in [-0.39, 0.29) is 26.4 Å². The van der Waals surface area contributed by atoms with Crippen LogP contribution in [0.5, 0.6) is 0 Å². The highest BCUT2D eigenvalue weighted by atomic mass is 16.6. The molecule has 0 atom stereocenters. The lowest BCUT2D eigenvalue weighted by atomic mass is 9.92. The van der Waals surface area contributed by atoms with Crippen molar-refractivity contribution >= 4 is 23.7 Å². The Morgan fingerprint density at radius 2 is 1.11 bits per heavy atom. The zero-order valence-corrected chi connectivity index (χ0v) is 15.8. The van der Waals surface area contributed by atoms with Crippen molar-refractivity contribution in [3.63, 3.8) is 0 Å². The Hall–Kier alpha value is -2.12. The van der Waals surface area contributed by atoms with Gasteiger partial charge in [0.25, 0.3) is 0 Å². The summed E-state index contributed by atoms with van der Waals surface area (Å²) in [5.41, 5.74) is -1.16. The predicted octanol–water partition coefficient (Wildman–Crippen LogP) is -1.97. The minimum absolute atomic E-state index is 0.198. The molecule has 0 bridgehead atoms. The number of carbonyl (C=O) groups excluding carboxylic acids is 3. The number of ketones is 1. The first kappa shape index (κ1) is 25.9. The quantitative estimate of drug-likeness (QED) is 0.255. The van der Waals surface area contributed by atoms with E-state index in [0.717, 1.165) is 0 Å². The number of aliphatic hydroxyl groups is 1. The lowest BCUT2D eigenvalue weighted by Gasteiger charge is -2.32. The molecule has 0 heterocycles. The molecule has 0 aromatic carbocycles. The molecule has 0 radical (unpaired) electrons. The molecule has 0 fully saturated rings. The zero-order chi connectivity index (χ0) is 21.4. The van der Waals surface area contributed by atoms with E-state index in [9.17, 15) is 19.2 Å². The van der Waals surface area contributed by atoms with Gasteiger partial charge >= 0.3 is 17.9 Å². The molecule has 0 aliphatic carbocycles. The van der Waals surface area contributed by atoms with Gasteiger partial charge < -0.3 is 38.6 Å². The standard InChI is InChI=1S/C16H26O12/c1-23-14(21)6-27-10-16(9-26-5-13(19)20,8-25-4-12(18)3-17)11-28-7-15(22)24-2/h17H,3-11H2,1-2H3,(H,19,20). The van der Waals surface area contributed by atoms with Crippen LogP contribution in [0.4, 0.5) is 0 Å². The second-order valence-corrected chi connectivity index (χ2v) is 5.71. The number of esters is 2. The van der Waals surface area contributed by atoms with Gasteiger partial charge in [0.1, 0.15) is 33.0 Å². The number of aliphatic carboxylic acids is 1. The molecular weight excluding hydrogens is 384 g/mol. The number of Topliss-reactive ketones (excluding diaryl/α,β-unsaturated/α-hetero) is 1. The number of aliphatic hydroxyl groups excluding tert-OH is 1. The predicted molar refractivity (Wildman–Crippen MR) is 89.5 cm³/mol. The molecular formula is C16H26O12. The first-order valence-corrected chi connectivity index (χ1v) is 8.07. The third kappa shape index (κ3) is 12.3. The van der Waals surface area contributed by atoms with Crippen LogP contribution in [0.25, 0.3) is 0 Å². The fraction of sp³-hybridized carbons (Fsp3) is 0.750. The van der Waals surface area contributed by atoms with Gasteiger partial charge in [-0.05, 0) is 0 Å². The molecule has 0 saturated carbocycles. The molecule has 0 rings (SSSR count). The summed E-state index contributed by atoms with van der Waals surface area (Å²) < 4.78 is 29.8. The first-order chi connectivity index (χ1) is 13.3. The normalized spacial score (nSPS) is 11.1. The molecule has 12 heteroatoms. The molecule has 0 aliphatic heterocycles. The maximum Gasteiger partial charge on any atom is 0.331 e. The van der Waals surface area contributed by atoms with Gasteiger partial charge in [-0.15, -0.1) is 0 Å². The summed E-state index contributed by atoms with van der Waals surface area (Å²) in [7, 11) is 2.36. The number of hydrogen-bond donors (Lipinski definition) is 2. The largest absolute Gasteiger partial charge is 0.480 e. The van der Waals surface area contributed by atoms with Crippen LogP contribution >= 0.6 is 0 Å². The Balaban J connectivity index is 5.09. The van der Waals surface area contributed by atoms with Crippen molar-refractivity contribution in [2.75, 3.05) is 73.7 Å². The second-order valence-electron chi connectivity index (χ2n) is 5.71. The van der Waals surface area contributed by atoms with Gasteiger partial charge in [0, 0.05) is 0 Å². The topological polar surface area (TPSA) is 164 Å². The second kappa shape index (κ2) is 14.9. The molecule has 28 heavy (non-hydrogen) atoms. The summed E-state index contributed by atoms with van der Waals surface area (Å²) in [4.78, 5) is 44.4. The summed E-state index contributed by atoms with van der Waals surface area (Å²) in [5, 5.41) is 17.5. The van der Waals surface area contributed by atoms with Crippen molar-refractivity contribution in [2.45, 2.75) is 0 Å². The zero-order valence-electron chi connectivity index (χ0n) is 15.8. The summed E-state index contributed by atoms with van der Waals surface area (Å²) in [6.07, 6.45) is 0. The van der Waals surface area contributed by atoms with Gasteiger partial charge in [-0.25, -0.2) is 14.4 Å². The number of ether oxygens (including phenoxy) is 6. The van der Waals surface area contributed by atoms with Gasteiger partial charge in [-0.3, -0.25) is 4.79 Å². The van der Waals surface area contributed by atoms with Gasteiger partial charge in [0.2, 0.25) is 0 Å². The highest BCUT2D eigenvalue weighted by molar-refractivity contribution is 5.80. The van der Waals surface area contributed by atoms with E-state index in [1.165, 1.54) is 14.2 Å². The SMILES string of the molecule is COC(=O)COCC(COCC(=O)O)(COCC(=O)CO)COCC(=O)OC. The number of hydrogen-bond acceptors (Lipinski definition) is 11.